The molecule has 0 bridgehead atoms. The largest absolute Gasteiger partial charge is 0.480 e. The Kier molecular flexibility index (Phi) is 5.67. The minimum absolute atomic E-state index is 0.313. The molecule has 1 aliphatic carbocycles. The van der Waals surface area contributed by atoms with Crippen LogP contribution in [0.5, 0.6) is 0 Å². The highest BCUT2D eigenvalue weighted by Crippen LogP contribution is 2.32. The number of aliphatic carboxylic acids is 1. The number of benzene rings is 2. The second-order valence-electron chi connectivity index (χ2n) is 7.59. The Morgan fingerprint density at radius 1 is 1.16 bits per heavy atom. The van der Waals surface area contributed by atoms with Crippen molar-refractivity contribution in [3.63, 3.8) is 0 Å². The van der Waals surface area contributed by atoms with Gasteiger partial charge in [-0.05, 0) is 41.8 Å². The highest BCUT2D eigenvalue weighted by atomic mass is 35.5. The molecule has 0 spiro atoms. The van der Waals surface area contributed by atoms with E-state index < -0.39 is 30.0 Å². The van der Waals surface area contributed by atoms with E-state index in [2.05, 4.69) is 15.6 Å². The van der Waals surface area contributed by atoms with Crippen LogP contribution in [0.2, 0.25) is 5.02 Å². The van der Waals surface area contributed by atoms with Crippen molar-refractivity contribution in [1.29, 1.82) is 0 Å². The summed E-state index contributed by atoms with van der Waals surface area (Å²) in [5, 5.41) is 16.2. The number of carbonyl (C=O) groups is 3. The maximum absolute atomic E-state index is 12.9. The minimum atomic E-state index is -1.29. The lowest BCUT2D eigenvalue weighted by atomic mass is 10.1. The molecule has 1 heterocycles. The molecule has 6 N–H and O–H groups in total. The summed E-state index contributed by atoms with van der Waals surface area (Å²) in [6, 6.07) is 12.4. The van der Waals surface area contributed by atoms with Crippen molar-refractivity contribution in [2.75, 3.05) is 0 Å². The lowest BCUT2D eigenvalue weighted by Crippen LogP contribution is -2.46. The van der Waals surface area contributed by atoms with Crippen molar-refractivity contribution in [2.45, 2.75) is 31.0 Å². The van der Waals surface area contributed by atoms with Crippen molar-refractivity contribution in [3.05, 3.63) is 70.4 Å². The fraction of sp³-hybridized carbons (Fsp3) is 0.227. The van der Waals surface area contributed by atoms with E-state index in [1.807, 2.05) is 24.3 Å². The van der Waals surface area contributed by atoms with E-state index in [0.29, 0.717) is 17.1 Å². The zero-order chi connectivity index (χ0) is 22.1. The molecule has 1 aromatic heterocycles. The Balaban J connectivity index is 1.53. The summed E-state index contributed by atoms with van der Waals surface area (Å²) < 4.78 is 0. The fourth-order valence-corrected chi connectivity index (χ4v) is 4.08. The number of nitrogens with one attached hydrogen (secondary N) is 3. The standard InChI is InChI=1S/C22H21ClN4O4/c23-13-5-6-16-12(7-13)9-18(25-16)21(29)26-17-8-11-3-1-2-4-14(11)20(17)27-19(28)10-15(24)22(30)31/h1-7,9,15,17,20,25H,8,10,24H2,(H,26,29)(H,27,28)(H,30,31)/t15-,17?,20?/m0/s1. The second kappa shape index (κ2) is 8.41. The summed E-state index contributed by atoms with van der Waals surface area (Å²) in [6.45, 7) is 0. The molecule has 2 unspecified atom stereocenters. The minimum Gasteiger partial charge on any atom is -0.480 e. The van der Waals surface area contributed by atoms with Gasteiger partial charge in [-0.3, -0.25) is 14.4 Å². The van der Waals surface area contributed by atoms with Crippen LogP contribution in [0, 0.1) is 0 Å². The van der Waals surface area contributed by atoms with Crippen LogP contribution in [-0.4, -0.2) is 40.0 Å². The number of nitrogens with two attached hydrogens (primary N) is 1. The van der Waals surface area contributed by atoms with Crippen LogP contribution in [0.1, 0.15) is 34.1 Å². The Bertz CT molecular complexity index is 1180. The molecule has 0 radical (unpaired) electrons. The molecule has 1 aliphatic rings. The van der Waals surface area contributed by atoms with Gasteiger partial charge in [-0.1, -0.05) is 35.9 Å². The third-order valence-electron chi connectivity index (χ3n) is 5.42. The van der Waals surface area contributed by atoms with Crippen LogP contribution in [-0.2, 0) is 16.0 Å². The molecule has 0 saturated heterocycles. The summed E-state index contributed by atoms with van der Waals surface area (Å²) in [5.41, 5.74) is 8.54. The SMILES string of the molecule is N[C@@H](CC(=O)NC1c2ccccc2CC1NC(=O)c1cc2cc(Cl)ccc2[nH]1)C(=O)O. The first-order valence-electron chi connectivity index (χ1n) is 9.76. The number of hydrogen-bond donors (Lipinski definition) is 5. The summed E-state index contributed by atoms with van der Waals surface area (Å²) in [4.78, 5) is 39.3. The maximum Gasteiger partial charge on any atom is 0.321 e. The number of hydrogen-bond acceptors (Lipinski definition) is 4. The van der Waals surface area contributed by atoms with Gasteiger partial charge in [0.1, 0.15) is 11.7 Å². The van der Waals surface area contributed by atoms with E-state index in [9.17, 15) is 14.4 Å². The van der Waals surface area contributed by atoms with Gasteiger partial charge in [0.25, 0.3) is 5.91 Å². The predicted molar refractivity (Wildman–Crippen MR) is 116 cm³/mol. The number of rotatable bonds is 6. The molecular formula is C22H21ClN4O4. The van der Waals surface area contributed by atoms with Gasteiger partial charge >= 0.3 is 5.97 Å². The zero-order valence-electron chi connectivity index (χ0n) is 16.4. The molecule has 0 saturated carbocycles. The van der Waals surface area contributed by atoms with Gasteiger partial charge in [-0.2, -0.15) is 0 Å². The molecule has 9 heteroatoms. The van der Waals surface area contributed by atoms with Crippen molar-refractivity contribution >= 4 is 40.3 Å². The number of aromatic amines is 1. The van der Waals surface area contributed by atoms with Crippen LogP contribution in [0.15, 0.2) is 48.5 Å². The molecule has 8 nitrogen and oxygen atoms in total. The third-order valence-corrected chi connectivity index (χ3v) is 5.65. The lowest BCUT2D eigenvalue weighted by molar-refractivity contribution is -0.140. The van der Waals surface area contributed by atoms with Crippen LogP contribution < -0.4 is 16.4 Å². The van der Waals surface area contributed by atoms with E-state index >= 15 is 0 Å². The van der Waals surface area contributed by atoms with Gasteiger partial charge in [0.05, 0.1) is 18.5 Å². The van der Waals surface area contributed by atoms with Gasteiger partial charge in [0.2, 0.25) is 5.91 Å². The lowest BCUT2D eigenvalue weighted by Gasteiger charge is -2.23. The number of amides is 2. The van der Waals surface area contributed by atoms with Crippen molar-refractivity contribution < 1.29 is 19.5 Å². The number of carbonyl (C=O) groups excluding carboxylic acids is 2. The molecule has 2 aromatic carbocycles. The number of fused-ring (bicyclic) bond motifs is 2. The zero-order valence-corrected chi connectivity index (χ0v) is 17.1. The highest BCUT2D eigenvalue weighted by molar-refractivity contribution is 6.31. The Hall–Kier alpha value is -3.36. The quantitative estimate of drug-likeness (QED) is 0.400. The number of carboxylic acid groups (broad SMARTS) is 1. The van der Waals surface area contributed by atoms with Crippen LogP contribution in [0.4, 0.5) is 0 Å². The maximum atomic E-state index is 12.9. The average molecular weight is 441 g/mol. The summed E-state index contributed by atoms with van der Waals surface area (Å²) >= 11 is 6.02. The number of halogens is 1. The Morgan fingerprint density at radius 3 is 2.71 bits per heavy atom. The van der Waals surface area contributed by atoms with E-state index in [1.165, 1.54) is 0 Å². The molecule has 2 amide bonds. The Labute approximate surface area is 182 Å². The predicted octanol–water partition coefficient (Wildman–Crippen LogP) is 2.14. The van der Waals surface area contributed by atoms with Crippen LogP contribution in [0.3, 0.4) is 0 Å². The van der Waals surface area contributed by atoms with E-state index in [1.54, 1.807) is 24.3 Å². The summed E-state index contributed by atoms with van der Waals surface area (Å²) in [7, 11) is 0. The third kappa shape index (κ3) is 4.40. The first-order chi connectivity index (χ1) is 14.8. The van der Waals surface area contributed by atoms with Crippen molar-refractivity contribution in [3.8, 4) is 0 Å². The van der Waals surface area contributed by atoms with Crippen molar-refractivity contribution in [2.24, 2.45) is 5.73 Å². The highest BCUT2D eigenvalue weighted by Gasteiger charge is 2.35. The van der Waals surface area contributed by atoms with Crippen molar-refractivity contribution in [1.82, 2.24) is 15.6 Å². The smallest absolute Gasteiger partial charge is 0.321 e. The molecule has 4 rings (SSSR count). The monoisotopic (exact) mass is 440 g/mol. The van der Waals surface area contributed by atoms with Gasteiger partial charge in [-0.15, -0.1) is 0 Å². The molecule has 3 aromatic rings. The fourth-order valence-electron chi connectivity index (χ4n) is 3.90. The number of H-pyrrole nitrogens is 1. The van der Waals surface area contributed by atoms with E-state index in [0.717, 1.165) is 22.0 Å². The first kappa shape index (κ1) is 20.9. The average Bonchev–Trinajstić information content (AvgIpc) is 3.29. The van der Waals surface area contributed by atoms with Crippen LogP contribution >= 0.6 is 11.6 Å². The number of carboxylic acids is 1. The summed E-state index contributed by atoms with van der Waals surface area (Å²) in [6.07, 6.45) is 0.182. The molecule has 3 atom stereocenters. The number of aromatic nitrogens is 1. The topological polar surface area (TPSA) is 137 Å². The normalized spacial score (nSPS) is 18.4. The first-order valence-corrected chi connectivity index (χ1v) is 10.1. The molecule has 0 aliphatic heterocycles. The molecule has 0 fully saturated rings. The molecular weight excluding hydrogens is 420 g/mol. The second-order valence-corrected chi connectivity index (χ2v) is 8.03. The van der Waals surface area contributed by atoms with Gasteiger partial charge in [0, 0.05) is 15.9 Å². The van der Waals surface area contributed by atoms with E-state index in [-0.39, 0.29) is 12.3 Å². The van der Waals surface area contributed by atoms with E-state index in [4.69, 9.17) is 22.4 Å². The summed E-state index contributed by atoms with van der Waals surface area (Å²) in [5.74, 6) is -2.05. The van der Waals surface area contributed by atoms with Gasteiger partial charge < -0.3 is 26.5 Å². The Morgan fingerprint density at radius 2 is 1.94 bits per heavy atom. The molecule has 31 heavy (non-hydrogen) atoms. The van der Waals surface area contributed by atoms with Crippen LogP contribution in [0.25, 0.3) is 10.9 Å². The van der Waals surface area contributed by atoms with Gasteiger partial charge in [-0.25, -0.2) is 0 Å². The van der Waals surface area contributed by atoms with Gasteiger partial charge in [0.15, 0.2) is 0 Å². The molecule has 160 valence electrons.